The molecule has 1 unspecified atom stereocenters. The van der Waals surface area contributed by atoms with E-state index in [1.807, 2.05) is 13.0 Å². The van der Waals surface area contributed by atoms with Gasteiger partial charge in [-0.2, -0.15) is 0 Å². The van der Waals surface area contributed by atoms with E-state index >= 15 is 0 Å². The van der Waals surface area contributed by atoms with E-state index in [0.717, 1.165) is 25.9 Å². The molecule has 1 fully saturated rings. The summed E-state index contributed by atoms with van der Waals surface area (Å²) in [6.07, 6.45) is 3.40. The molecule has 2 heterocycles. The molecule has 1 aliphatic rings. The van der Waals surface area contributed by atoms with Gasteiger partial charge in [0.05, 0.1) is 11.0 Å². The lowest BCUT2D eigenvalue weighted by atomic mass is 10.0. The number of benzene rings is 2. The first-order valence-electron chi connectivity index (χ1n) is 10.9. The highest BCUT2D eigenvalue weighted by atomic mass is 16.2. The van der Waals surface area contributed by atoms with Gasteiger partial charge < -0.3 is 14.9 Å². The van der Waals surface area contributed by atoms with Gasteiger partial charge in [0.2, 0.25) is 0 Å². The van der Waals surface area contributed by atoms with E-state index in [4.69, 9.17) is 0 Å². The van der Waals surface area contributed by atoms with Crippen molar-refractivity contribution in [2.45, 2.75) is 45.3 Å². The summed E-state index contributed by atoms with van der Waals surface area (Å²) in [6, 6.07) is 15.7. The van der Waals surface area contributed by atoms with Gasteiger partial charge in [-0.05, 0) is 50.1 Å². The zero-order valence-electron chi connectivity index (χ0n) is 17.8. The quantitative estimate of drug-likeness (QED) is 0.600. The molecule has 2 aromatic carbocycles. The summed E-state index contributed by atoms with van der Waals surface area (Å²) < 4.78 is 1.42. The maximum Gasteiger partial charge on any atom is 0.316 e. The van der Waals surface area contributed by atoms with Crippen LogP contribution in [0.25, 0.3) is 11.0 Å². The van der Waals surface area contributed by atoms with E-state index in [0.29, 0.717) is 35.7 Å². The molecule has 1 aromatic heterocycles. The Kier molecular flexibility index (Phi) is 6.32. The Balaban J connectivity index is 1.47. The van der Waals surface area contributed by atoms with Gasteiger partial charge in [0.1, 0.15) is 0 Å². The number of aromatic amines is 1. The standard InChI is InChI=1S/C24H28N4O3/c1-2-28-21-12-11-18(14-20(21)26-23(30)24(28)31)22(29)25-15-19-10-6-7-13-27(19)16-17-8-4-3-5-9-17/h3-5,8-9,11-12,14,19H,2,6-7,10,13,15-16H2,1H3,(H,25,29)(H,26,30). The number of nitrogens with zero attached hydrogens (tertiary/aromatic N) is 2. The second kappa shape index (κ2) is 9.31. The van der Waals surface area contributed by atoms with E-state index in [1.54, 1.807) is 18.2 Å². The second-order valence-electron chi connectivity index (χ2n) is 8.05. The van der Waals surface area contributed by atoms with Crippen LogP contribution in [0.3, 0.4) is 0 Å². The van der Waals surface area contributed by atoms with Crippen molar-refractivity contribution in [2.24, 2.45) is 0 Å². The fraction of sp³-hybridized carbons (Fsp3) is 0.375. The lowest BCUT2D eigenvalue weighted by Crippen LogP contribution is -2.46. The summed E-state index contributed by atoms with van der Waals surface area (Å²) in [7, 11) is 0. The lowest BCUT2D eigenvalue weighted by Gasteiger charge is -2.36. The Hall–Kier alpha value is -3.19. The molecule has 1 saturated heterocycles. The van der Waals surface area contributed by atoms with Gasteiger partial charge in [0, 0.05) is 31.2 Å². The van der Waals surface area contributed by atoms with Crippen LogP contribution in [0.2, 0.25) is 0 Å². The molecule has 0 radical (unpaired) electrons. The first-order valence-corrected chi connectivity index (χ1v) is 10.9. The molecule has 162 valence electrons. The molecule has 0 spiro atoms. The third-order valence-corrected chi connectivity index (χ3v) is 6.03. The van der Waals surface area contributed by atoms with Crippen LogP contribution < -0.4 is 16.4 Å². The lowest BCUT2D eigenvalue weighted by molar-refractivity contribution is 0.0907. The molecule has 1 amide bonds. The molecule has 7 nitrogen and oxygen atoms in total. The third kappa shape index (κ3) is 4.61. The molecule has 0 aliphatic carbocycles. The van der Waals surface area contributed by atoms with Gasteiger partial charge in [-0.1, -0.05) is 36.8 Å². The summed E-state index contributed by atoms with van der Waals surface area (Å²) in [5.41, 5.74) is 1.59. The van der Waals surface area contributed by atoms with Gasteiger partial charge in [-0.3, -0.25) is 19.3 Å². The van der Waals surface area contributed by atoms with Crippen LogP contribution >= 0.6 is 0 Å². The summed E-state index contributed by atoms with van der Waals surface area (Å²) in [5, 5.41) is 3.06. The summed E-state index contributed by atoms with van der Waals surface area (Å²) >= 11 is 0. The summed E-state index contributed by atoms with van der Waals surface area (Å²) in [5.74, 6) is -0.178. The van der Waals surface area contributed by atoms with Crippen molar-refractivity contribution in [3.8, 4) is 0 Å². The third-order valence-electron chi connectivity index (χ3n) is 6.03. The van der Waals surface area contributed by atoms with Crippen LogP contribution in [0.4, 0.5) is 0 Å². The van der Waals surface area contributed by atoms with E-state index < -0.39 is 11.1 Å². The largest absolute Gasteiger partial charge is 0.350 e. The number of hydrogen-bond donors (Lipinski definition) is 2. The van der Waals surface area contributed by atoms with Crippen LogP contribution in [-0.4, -0.2) is 39.5 Å². The van der Waals surface area contributed by atoms with E-state index in [1.165, 1.54) is 16.6 Å². The Bertz CT molecular complexity index is 1180. The Labute approximate surface area is 180 Å². The average molecular weight is 421 g/mol. The fourth-order valence-corrected chi connectivity index (χ4v) is 4.36. The number of carbonyl (C=O) groups is 1. The number of hydrogen-bond acceptors (Lipinski definition) is 4. The number of aryl methyl sites for hydroxylation is 1. The van der Waals surface area contributed by atoms with Crippen molar-refractivity contribution in [3.05, 3.63) is 80.4 Å². The number of amides is 1. The second-order valence-corrected chi connectivity index (χ2v) is 8.05. The predicted octanol–water partition coefficient (Wildman–Crippen LogP) is 2.49. The first-order chi connectivity index (χ1) is 15.1. The number of carbonyl (C=O) groups excluding carboxylic acids is 1. The van der Waals surface area contributed by atoms with Crippen LogP contribution in [0, 0.1) is 0 Å². The SMILES string of the molecule is CCn1c(=O)c(=O)[nH]c2cc(C(=O)NCC3CCCCN3Cc3ccccc3)ccc21. The van der Waals surface area contributed by atoms with Gasteiger partial charge >= 0.3 is 11.1 Å². The van der Waals surface area contributed by atoms with E-state index in [9.17, 15) is 14.4 Å². The van der Waals surface area contributed by atoms with Crippen LogP contribution in [-0.2, 0) is 13.1 Å². The molecule has 4 rings (SSSR count). The van der Waals surface area contributed by atoms with Crippen LogP contribution in [0.5, 0.6) is 0 Å². The number of aromatic nitrogens is 2. The summed E-state index contributed by atoms with van der Waals surface area (Å²) in [4.78, 5) is 41.8. The molecule has 1 atom stereocenters. The first kappa shape index (κ1) is 21.1. The van der Waals surface area contributed by atoms with Gasteiger partial charge in [-0.25, -0.2) is 0 Å². The Morgan fingerprint density at radius 2 is 1.94 bits per heavy atom. The Morgan fingerprint density at radius 1 is 1.13 bits per heavy atom. The van der Waals surface area contributed by atoms with Crippen molar-refractivity contribution in [2.75, 3.05) is 13.1 Å². The maximum atomic E-state index is 12.8. The molecule has 3 aromatic rings. The zero-order chi connectivity index (χ0) is 21.8. The molecule has 31 heavy (non-hydrogen) atoms. The van der Waals surface area contributed by atoms with Crippen molar-refractivity contribution < 1.29 is 4.79 Å². The van der Waals surface area contributed by atoms with Crippen molar-refractivity contribution in [3.63, 3.8) is 0 Å². The highest BCUT2D eigenvalue weighted by Crippen LogP contribution is 2.19. The molecule has 7 heteroatoms. The van der Waals surface area contributed by atoms with Gasteiger partial charge in [0.15, 0.2) is 0 Å². The summed E-state index contributed by atoms with van der Waals surface area (Å²) in [6.45, 7) is 4.69. The number of fused-ring (bicyclic) bond motifs is 1. The monoisotopic (exact) mass is 420 g/mol. The van der Waals surface area contributed by atoms with E-state index in [2.05, 4.69) is 39.5 Å². The molecular weight excluding hydrogens is 392 g/mol. The minimum absolute atomic E-state index is 0.178. The number of piperidine rings is 1. The average Bonchev–Trinajstić information content (AvgIpc) is 2.79. The smallest absolute Gasteiger partial charge is 0.316 e. The molecule has 1 aliphatic heterocycles. The number of nitrogens with one attached hydrogen (secondary N) is 2. The topological polar surface area (TPSA) is 87.2 Å². The minimum Gasteiger partial charge on any atom is -0.350 e. The van der Waals surface area contributed by atoms with Crippen molar-refractivity contribution in [1.82, 2.24) is 19.8 Å². The number of likely N-dealkylation sites (tertiary alicyclic amines) is 1. The minimum atomic E-state index is -0.675. The van der Waals surface area contributed by atoms with Gasteiger partial charge in [-0.15, -0.1) is 0 Å². The van der Waals surface area contributed by atoms with Crippen molar-refractivity contribution in [1.29, 1.82) is 0 Å². The number of H-pyrrole nitrogens is 1. The highest BCUT2D eigenvalue weighted by Gasteiger charge is 2.23. The fourth-order valence-electron chi connectivity index (χ4n) is 4.36. The normalized spacial score (nSPS) is 17.0. The van der Waals surface area contributed by atoms with Crippen LogP contribution in [0.1, 0.15) is 42.1 Å². The van der Waals surface area contributed by atoms with E-state index in [-0.39, 0.29) is 5.91 Å². The van der Waals surface area contributed by atoms with Crippen LogP contribution in [0.15, 0.2) is 58.1 Å². The molecule has 2 N–H and O–H groups in total. The van der Waals surface area contributed by atoms with Gasteiger partial charge in [0.25, 0.3) is 5.91 Å². The maximum absolute atomic E-state index is 12.8. The molecular formula is C24H28N4O3. The van der Waals surface area contributed by atoms with Crippen molar-refractivity contribution >= 4 is 16.9 Å². The highest BCUT2D eigenvalue weighted by molar-refractivity contribution is 5.97. The molecule has 0 bridgehead atoms. The molecule has 0 saturated carbocycles. The predicted molar refractivity (Wildman–Crippen MR) is 121 cm³/mol. The zero-order valence-corrected chi connectivity index (χ0v) is 17.8. The Morgan fingerprint density at radius 3 is 2.71 bits per heavy atom. The number of rotatable bonds is 6.